The van der Waals surface area contributed by atoms with E-state index < -0.39 is 11.9 Å². The van der Waals surface area contributed by atoms with E-state index in [-0.39, 0.29) is 6.42 Å². The van der Waals surface area contributed by atoms with Crippen LogP contribution in [0, 0.1) is 0 Å². The molecule has 0 unspecified atom stereocenters. The Labute approximate surface area is 114 Å². The van der Waals surface area contributed by atoms with Crippen LogP contribution in [0.1, 0.15) is 31.0 Å². The molecule has 1 aliphatic carbocycles. The number of hydrogen-bond acceptors (Lipinski definition) is 5. The number of carbonyl (C=O) groups excluding carboxylic acids is 2. The summed E-state index contributed by atoms with van der Waals surface area (Å²) < 4.78 is 0. The third-order valence-electron chi connectivity index (χ3n) is 2.58. The van der Waals surface area contributed by atoms with Crippen molar-refractivity contribution >= 4 is 29.4 Å². The molecule has 1 aromatic heterocycles. The highest BCUT2D eigenvalue weighted by Gasteiger charge is 2.27. The molecule has 1 saturated carbocycles. The molecule has 2 rings (SSSR count). The lowest BCUT2D eigenvalue weighted by Gasteiger charge is -2.07. The number of rotatable bonds is 5. The smallest absolute Gasteiger partial charge is 0.318 e. The maximum absolute atomic E-state index is 11.2. The van der Waals surface area contributed by atoms with E-state index in [1.807, 2.05) is 5.32 Å². The number of carbonyl (C=O) groups is 2. The molecule has 0 saturated heterocycles. The number of urea groups is 1. The molecular weight excluding hydrogens is 270 g/mol. The Hall–Kier alpha value is -1.89. The van der Waals surface area contributed by atoms with Crippen molar-refractivity contribution in [2.45, 2.75) is 25.2 Å². The van der Waals surface area contributed by atoms with E-state index in [4.69, 9.17) is 17.3 Å². The summed E-state index contributed by atoms with van der Waals surface area (Å²) in [6, 6.07) is 0.741. The van der Waals surface area contributed by atoms with Crippen LogP contribution in [0.4, 0.5) is 10.6 Å². The Balaban J connectivity index is 1.85. The van der Waals surface area contributed by atoms with E-state index in [0.29, 0.717) is 23.4 Å². The molecule has 0 aromatic carbocycles. The van der Waals surface area contributed by atoms with Gasteiger partial charge in [0, 0.05) is 24.9 Å². The van der Waals surface area contributed by atoms with Gasteiger partial charge in [-0.15, -0.1) is 0 Å². The van der Waals surface area contributed by atoms with Crippen LogP contribution in [0.15, 0.2) is 6.07 Å². The minimum atomic E-state index is -0.855. The number of nitrogens with one attached hydrogen (secondary N) is 2. The molecule has 1 aliphatic rings. The number of nitrogens with two attached hydrogens (primary N) is 1. The highest BCUT2D eigenvalue weighted by molar-refractivity contribution is 6.29. The van der Waals surface area contributed by atoms with Crippen LogP contribution in [-0.2, 0) is 4.79 Å². The third kappa shape index (κ3) is 4.36. The maximum atomic E-state index is 11.2. The molecular formula is C11H14ClN5O2. The minimum absolute atomic E-state index is 0.114. The number of anilines is 1. The average molecular weight is 284 g/mol. The first-order valence-electron chi connectivity index (χ1n) is 5.92. The molecule has 19 heavy (non-hydrogen) atoms. The third-order valence-corrected chi connectivity index (χ3v) is 2.77. The fourth-order valence-electron chi connectivity index (χ4n) is 1.55. The van der Waals surface area contributed by atoms with Gasteiger partial charge in [-0.25, -0.2) is 14.8 Å². The lowest BCUT2D eigenvalue weighted by atomic mass is 10.3. The molecule has 1 fully saturated rings. The summed E-state index contributed by atoms with van der Waals surface area (Å²) in [4.78, 5) is 30.1. The molecule has 4 N–H and O–H groups in total. The molecule has 0 spiro atoms. The molecule has 7 nitrogen and oxygen atoms in total. The molecule has 1 heterocycles. The van der Waals surface area contributed by atoms with Gasteiger partial charge in [0.05, 0.1) is 0 Å². The van der Waals surface area contributed by atoms with Gasteiger partial charge < -0.3 is 11.1 Å². The summed E-state index contributed by atoms with van der Waals surface area (Å²) in [7, 11) is 0. The number of amides is 3. The van der Waals surface area contributed by atoms with Gasteiger partial charge in [-0.05, 0) is 12.8 Å². The summed E-state index contributed by atoms with van der Waals surface area (Å²) in [5.41, 5.74) is 4.83. The predicted octanol–water partition coefficient (Wildman–Crippen LogP) is 1.00. The second-order valence-corrected chi connectivity index (χ2v) is 4.68. The van der Waals surface area contributed by atoms with Crippen molar-refractivity contribution in [2.24, 2.45) is 5.73 Å². The first-order valence-corrected chi connectivity index (χ1v) is 6.30. The fraction of sp³-hybridized carbons (Fsp3) is 0.455. The van der Waals surface area contributed by atoms with Crippen LogP contribution in [-0.4, -0.2) is 28.5 Å². The minimum Gasteiger partial charge on any atom is -0.369 e. The first kappa shape index (κ1) is 13.5. The molecule has 1 aromatic rings. The Kier molecular flexibility index (Phi) is 4.16. The average Bonchev–Trinajstić information content (AvgIpc) is 3.10. The van der Waals surface area contributed by atoms with E-state index in [1.165, 1.54) is 0 Å². The van der Waals surface area contributed by atoms with Crippen LogP contribution in [0.3, 0.4) is 0 Å². The van der Waals surface area contributed by atoms with Crippen molar-refractivity contribution in [3.63, 3.8) is 0 Å². The SMILES string of the molecule is NC(=O)NC(=O)CCNc1cc(Cl)nc(C2CC2)n1. The van der Waals surface area contributed by atoms with Crippen LogP contribution in [0.25, 0.3) is 0 Å². The fourth-order valence-corrected chi connectivity index (χ4v) is 1.74. The molecule has 0 aliphatic heterocycles. The zero-order valence-electron chi connectivity index (χ0n) is 10.1. The van der Waals surface area contributed by atoms with E-state index in [2.05, 4.69) is 15.3 Å². The lowest BCUT2D eigenvalue weighted by molar-refractivity contribution is -0.119. The Morgan fingerprint density at radius 2 is 2.16 bits per heavy atom. The van der Waals surface area contributed by atoms with Gasteiger partial charge in [-0.2, -0.15) is 0 Å². The van der Waals surface area contributed by atoms with Gasteiger partial charge in [0.2, 0.25) is 5.91 Å². The number of nitrogens with zero attached hydrogens (tertiary/aromatic N) is 2. The summed E-state index contributed by atoms with van der Waals surface area (Å²) in [6.07, 6.45) is 2.28. The lowest BCUT2D eigenvalue weighted by Crippen LogP contribution is -2.35. The number of aromatic nitrogens is 2. The van der Waals surface area contributed by atoms with Gasteiger partial charge in [0.15, 0.2) is 0 Å². The zero-order valence-corrected chi connectivity index (χ0v) is 10.9. The number of hydrogen-bond donors (Lipinski definition) is 3. The second-order valence-electron chi connectivity index (χ2n) is 4.30. The van der Waals surface area contributed by atoms with Crippen molar-refractivity contribution in [2.75, 3.05) is 11.9 Å². The molecule has 102 valence electrons. The van der Waals surface area contributed by atoms with Gasteiger partial charge in [-0.3, -0.25) is 10.1 Å². The summed E-state index contributed by atoms with van der Waals surface area (Å²) >= 11 is 5.90. The van der Waals surface area contributed by atoms with Gasteiger partial charge in [0.1, 0.15) is 16.8 Å². The van der Waals surface area contributed by atoms with Crippen LogP contribution >= 0.6 is 11.6 Å². The largest absolute Gasteiger partial charge is 0.369 e. The summed E-state index contributed by atoms with van der Waals surface area (Å²) in [6.45, 7) is 0.330. The van der Waals surface area contributed by atoms with Crippen molar-refractivity contribution in [3.8, 4) is 0 Å². The predicted molar refractivity (Wildman–Crippen MR) is 69.8 cm³/mol. The number of imide groups is 1. The van der Waals surface area contributed by atoms with E-state index in [9.17, 15) is 9.59 Å². The summed E-state index contributed by atoms with van der Waals surface area (Å²) in [5, 5.41) is 5.32. The molecule has 3 amide bonds. The van der Waals surface area contributed by atoms with Crippen molar-refractivity contribution < 1.29 is 9.59 Å². The topological polar surface area (TPSA) is 110 Å². The monoisotopic (exact) mass is 283 g/mol. The van der Waals surface area contributed by atoms with Crippen molar-refractivity contribution in [3.05, 3.63) is 17.0 Å². The Bertz CT molecular complexity index is 504. The Morgan fingerprint density at radius 3 is 2.79 bits per heavy atom. The number of primary amides is 1. The molecule has 0 bridgehead atoms. The number of halogens is 1. The maximum Gasteiger partial charge on any atom is 0.318 e. The second kappa shape index (κ2) is 5.83. The van der Waals surface area contributed by atoms with Gasteiger partial charge in [0.25, 0.3) is 0 Å². The normalized spacial score (nSPS) is 13.9. The highest BCUT2D eigenvalue weighted by Crippen LogP contribution is 2.38. The zero-order chi connectivity index (χ0) is 13.8. The van der Waals surface area contributed by atoms with Gasteiger partial charge in [-0.1, -0.05) is 11.6 Å². The molecule has 0 atom stereocenters. The molecule has 8 heteroatoms. The standard InChI is InChI=1S/C11H14ClN5O2/c12-7-5-8(16-10(15-7)6-1-2-6)14-4-3-9(18)17-11(13)19/h5-6H,1-4H2,(H,14,15,16)(H3,13,17,18,19). The highest BCUT2D eigenvalue weighted by atomic mass is 35.5. The Morgan fingerprint density at radius 1 is 1.42 bits per heavy atom. The first-order chi connectivity index (χ1) is 9.04. The van der Waals surface area contributed by atoms with Crippen LogP contribution < -0.4 is 16.4 Å². The van der Waals surface area contributed by atoms with Gasteiger partial charge >= 0.3 is 6.03 Å². The van der Waals surface area contributed by atoms with E-state index in [0.717, 1.165) is 18.7 Å². The molecule has 0 radical (unpaired) electrons. The van der Waals surface area contributed by atoms with Crippen LogP contribution in [0.5, 0.6) is 0 Å². The van der Waals surface area contributed by atoms with E-state index >= 15 is 0 Å². The quantitative estimate of drug-likeness (QED) is 0.698. The van der Waals surface area contributed by atoms with E-state index in [1.54, 1.807) is 6.07 Å². The summed E-state index contributed by atoms with van der Waals surface area (Å²) in [5.74, 6) is 1.27. The van der Waals surface area contributed by atoms with Crippen molar-refractivity contribution in [1.82, 2.24) is 15.3 Å². The van der Waals surface area contributed by atoms with Crippen molar-refractivity contribution in [1.29, 1.82) is 0 Å². The van der Waals surface area contributed by atoms with Crippen LogP contribution in [0.2, 0.25) is 5.15 Å².